The second-order valence-corrected chi connectivity index (χ2v) is 17.0. The molecule has 53 heavy (non-hydrogen) atoms. The minimum Gasteiger partial charge on any atom is -0.383 e. The number of nitrogens with zero attached hydrogens (tertiary/aromatic N) is 1. The van der Waals surface area contributed by atoms with Crippen molar-refractivity contribution in [1.29, 1.82) is 0 Å². The summed E-state index contributed by atoms with van der Waals surface area (Å²) in [5.41, 5.74) is 0.172. The molecule has 0 aliphatic rings. The lowest BCUT2D eigenvalue weighted by Crippen LogP contribution is -2.37. The molecule has 0 bridgehead atoms. The zero-order valence-corrected chi connectivity index (χ0v) is 36.6. The molecular formula is C48H93N3O2. The van der Waals surface area contributed by atoms with Gasteiger partial charge in [0.2, 0.25) is 0 Å². The van der Waals surface area contributed by atoms with Crippen LogP contribution >= 0.6 is 0 Å². The van der Waals surface area contributed by atoms with E-state index in [2.05, 4.69) is 43.2 Å². The summed E-state index contributed by atoms with van der Waals surface area (Å²) in [5.74, 6) is 1.95. The van der Waals surface area contributed by atoms with E-state index < -0.39 is 0 Å². The Kier molecular flexibility index (Phi) is 34.0. The molecule has 0 saturated carbocycles. The van der Waals surface area contributed by atoms with Gasteiger partial charge in [-0.15, -0.1) is 0 Å². The zero-order valence-electron chi connectivity index (χ0n) is 36.6. The molecule has 2 N–H and O–H groups in total. The fourth-order valence-electron chi connectivity index (χ4n) is 8.53. The van der Waals surface area contributed by atoms with Crippen LogP contribution in [0, 0.1) is 11.8 Å². The van der Waals surface area contributed by atoms with Gasteiger partial charge in [-0.2, -0.15) is 0 Å². The van der Waals surface area contributed by atoms with Crippen molar-refractivity contribution >= 4 is 11.4 Å². The Morgan fingerprint density at radius 3 is 1.11 bits per heavy atom. The van der Waals surface area contributed by atoms with Gasteiger partial charge in [-0.05, 0) is 50.7 Å². The van der Waals surface area contributed by atoms with Crippen LogP contribution in [0.1, 0.15) is 240 Å². The van der Waals surface area contributed by atoms with Crippen LogP contribution in [0.3, 0.4) is 0 Å². The highest BCUT2D eigenvalue weighted by Gasteiger charge is 2.19. The first-order valence-corrected chi connectivity index (χ1v) is 24.0. The molecule has 0 atom stereocenters. The quantitative estimate of drug-likeness (QED) is 0.0516. The van der Waals surface area contributed by atoms with Crippen LogP contribution in [-0.2, 0) is 0 Å². The van der Waals surface area contributed by atoms with Crippen molar-refractivity contribution in [2.75, 3.05) is 43.9 Å². The molecular weight excluding hydrogens is 651 g/mol. The molecule has 0 unspecified atom stereocenters. The third-order valence-electron chi connectivity index (χ3n) is 12.2. The summed E-state index contributed by atoms with van der Waals surface area (Å²) in [7, 11) is 1.71. The Bertz CT molecular complexity index is 964. The van der Waals surface area contributed by atoms with Crippen LogP contribution < -0.4 is 21.5 Å². The van der Waals surface area contributed by atoms with Crippen molar-refractivity contribution < 1.29 is 0 Å². The standard InChI is InChI=1S/C48H93N3O2/c1-6-10-14-20-26-36-44(37-27-21-15-11-7-2)38-29-23-19-25-31-41-51(42-32-39-50-46-45(49-5)47(52)48(46)53)40-30-24-18-16-17-22-28-35-43(33-12-8-3)34-13-9-4/h43-44,49-50H,6-42H2,1-5H3. The predicted molar refractivity (Wildman–Crippen MR) is 238 cm³/mol. The van der Waals surface area contributed by atoms with Gasteiger partial charge in [0.25, 0.3) is 10.9 Å². The first kappa shape index (κ1) is 49.7. The van der Waals surface area contributed by atoms with Crippen molar-refractivity contribution in [3.05, 3.63) is 20.4 Å². The minimum atomic E-state index is -0.389. The topological polar surface area (TPSA) is 61.4 Å². The Morgan fingerprint density at radius 1 is 0.396 bits per heavy atom. The molecule has 1 aromatic carbocycles. The van der Waals surface area contributed by atoms with E-state index in [1.807, 2.05) is 0 Å². The molecule has 0 aliphatic heterocycles. The van der Waals surface area contributed by atoms with Crippen LogP contribution in [0.15, 0.2) is 9.59 Å². The summed E-state index contributed by atoms with van der Waals surface area (Å²) in [5, 5.41) is 6.12. The average Bonchev–Trinajstić information content (AvgIpc) is 3.17. The van der Waals surface area contributed by atoms with Gasteiger partial charge in [-0.1, -0.05) is 220 Å². The third-order valence-corrected chi connectivity index (χ3v) is 12.2. The predicted octanol–water partition coefficient (Wildman–Crippen LogP) is 14.2. The third kappa shape index (κ3) is 26.2. The van der Waals surface area contributed by atoms with Crippen molar-refractivity contribution in [1.82, 2.24) is 4.90 Å². The van der Waals surface area contributed by atoms with Gasteiger partial charge in [0.05, 0.1) is 0 Å². The molecule has 0 saturated heterocycles. The Balaban J connectivity index is 2.38. The SMILES string of the molecule is CCCCCCCC(CCCCCCC)CCCCCCCN(CCCCCCCCCC(CCCC)CCCC)CCCNc1c(NC)c(=O)c1=O. The average molecular weight is 744 g/mol. The Hall–Kier alpha value is -1.36. The summed E-state index contributed by atoms with van der Waals surface area (Å²) >= 11 is 0. The van der Waals surface area contributed by atoms with E-state index in [0.717, 1.165) is 31.3 Å². The molecule has 5 heteroatoms. The van der Waals surface area contributed by atoms with Crippen LogP contribution in [0.4, 0.5) is 11.4 Å². The second kappa shape index (κ2) is 36.3. The molecule has 1 aromatic rings. The fourth-order valence-corrected chi connectivity index (χ4v) is 8.53. The van der Waals surface area contributed by atoms with Gasteiger partial charge < -0.3 is 15.5 Å². The van der Waals surface area contributed by atoms with Crippen molar-refractivity contribution in [3.63, 3.8) is 0 Å². The van der Waals surface area contributed by atoms with Crippen LogP contribution in [0.2, 0.25) is 0 Å². The highest BCUT2D eigenvalue weighted by molar-refractivity contribution is 5.73. The van der Waals surface area contributed by atoms with E-state index in [4.69, 9.17) is 0 Å². The maximum Gasteiger partial charge on any atom is 0.253 e. The fraction of sp³-hybridized carbons (Fsp3) is 0.917. The van der Waals surface area contributed by atoms with Gasteiger partial charge in [0.15, 0.2) is 0 Å². The number of anilines is 2. The van der Waals surface area contributed by atoms with Crippen LogP contribution in [0.5, 0.6) is 0 Å². The molecule has 5 nitrogen and oxygen atoms in total. The molecule has 0 aliphatic carbocycles. The van der Waals surface area contributed by atoms with Gasteiger partial charge in [-0.3, -0.25) is 9.59 Å². The lowest BCUT2D eigenvalue weighted by molar-refractivity contribution is 0.259. The summed E-state index contributed by atoms with van der Waals surface area (Å²) < 4.78 is 0. The number of nitrogens with one attached hydrogen (secondary N) is 2. The maximum atomic E-state index is 12.0. The number of unbranched alkanes of at least 4 members (excludes halogenated alkanes) is 20. The van der Waals surface area contributed by atoms with Gasteiger partial charge >= 0.3 is 0 Å². The number of hydrogen-bond acceptors (Lipinski definition) is 5. The second-order valence-electron chi connectivity index (χ2n) is 17.0. The monoisotopic (exact) mass is 744 g/mol. The molecule has 1 rings (SSSR count). The number of hydrogen-bond donors (Lipinski definition) is 2. The molecule has 0 heterocycles. The van der Waals surface area contributed by atoms with Crippen molar-refractivity contribution in [2.45, 2.75) is 240 Å². The van der Waals surface area contributed by atoms with E-state index in [1.165, 1.54) is 219 Å². The Morgan fingerprint density at radius 2 is 0.717 bits per heavy atom. The largest absolute Gasteiger partial charge is 0.383 e. The lowest BCUT2D eigenvalue weighted by Gasteiger charge is -2.23. The van der Waals surface area contributed by atoms with Crippen LogP contribution in [-0.4, -0.2) is 38.1 Å². The Labute approximate surface area is 331 Å². The zero-order chi connectivity index (χ0) is 38.6. The molecule has 0 spiro atoms. The lowest BCUT2D eigenvalue weighted by atomic mass is 9.89. The van der Waals surface area contributed by atoms with E-state index in [-0.39, 0.29) is 10.9 Å². The highest BCUT2D eigenvalue weighted by Crippen LogP contribution is 2.25. The number of rotatable bonds is 42. The maximum absolute atomic E-state index is 12.0. The molecule has 0 radical (unpaired) electrons. The summed E-state index contributed by atoms with van der Waals surface area (Å²) in [6, 6.07) is 0. The van der Waals surface area contributed by atoms with Crippen LogP contribution in [0.25, 0.3) is 0 Å². The van der Waals surface area contributed by atoms with E-state index in [0.29, 0.717) is 11.4 Å². The minimum absolute atomic E-state index is 0.371. The van der Waals surface area contributed by atoms with Gasteiger partial charge in [0, 0.05) is 13.6 Å². The smallest absolute Gasteiger partial charge is 0.253 e. The highest BCUT2D eigenvalue weighted by atomic mass is 16.2. The first-order chi connectivity index (χ1) is 26.0. The molecule has 0 fully saturated rings. The van der Waals surface area contributed by atoms with Crippen molar-refractivity contribution in [2.24, 2.45) is 11.8 Å². The first-order valence-electron chi connectivity index (χ1n) is 24.0. The van der Waals surface area contributed by atoms with Gasteiger partial charge in [-0.25, -0.2) is 0 Å². The summed E-state index contributed by atoms with van der Waals surface area (Å²) in [4.78, 5) is 26.4. The van der Waals surface area contributed by atoms with E-state index in [9.17, 15) is 9.59 Å². The normalized spacial score (nSPS) is 11.9. The van der Waals surface area contributed by atoms with Gasteiger partial charge in [0.1, 0.15) is 11.4 Å². The van der Waals surface area contributed by atoms with E-state index in [1.54, 1.807) is 7.05 Å². The molecule has 0 aromatic heterocycles. The summed E-state index contributed by atoms with van der Waals surface area (Å²) in [6.07, 6.45) is 46.0. The van der Waals surface area contributed by atoms with Crippen molar-refractivity contribution in [3.8, 4) is 0 Å². The van der Waals surface area contributed by atoms with E-state index >= 15 is 0 Å². The molecule has 312 valence electrons. The summed E-state index contributed by atoms with van der Waals surface area (Å²) in [6.45, 7) is 13.5. The molecule has 0 amide bonds.